The van der Waals surface area contributed by atoms with Gasteiger partial charge in [-0.15, -0.1) is 0 Å². The molecule has 130 valence electrons. The number of aromatic nitrogens is 2. The van der Waals surface area contributed by atoms with Crippen molar-refractivity contribution in [2.45, 2.75) is 27.3 Å². The first kappa shape index (κ1) is 17.1. The van der Waals surface area contributed by atoms with Crippen molar-refractivity contribution in [3.63, 3.8) is 0 Å². The van der Waals surface area contributed by atoms with Crippen LogP contribution in [0.15, 0.2) is 27.7 Å². The third-order valence-corrected chi connectivity index (χ3v) is 4.89. The highest BCUT2D eigenvalue weighted by Gasteiger charge is 2.15. The fourth-order valence-corrected chi connectivity index (χ4v) is 3.47. The second-order valence-corrected chi connectivity index (χ2v) is 6.71. The molecule has 0 aliphatic rings. The van der Waals surface area contributed by atoms with E-state index in [4.69, 9.17) is 9.26 Å². The Kier molecular flexibility index (Phi) is 4.54. The summed E-state index contributed by atoms with van der Waals surface area (Å²) < 4.78 is 12.3. The molecule has 0 N–H and O–H groups in total. The average Bonchev–Trinajstić information content (AvgIpc) is 3.13. The largest absolute Gasteiger partial charge is 0.468 e. The molecule has 1 aromatic carbocycles. The molecule has 7 nitrogen and oxygen atoms in total. The maximum atomic E-state index is 12.3. The van der Waals surface area contributed by atoms with E-state index in [0.29, 0.717) is 10.5 Å². The van der Waals surface area contributed by atoms with Gasteiger partial charge in [-0.05, 0) is 44.0 Å². The first-order valence-electron chi connectivity index (χ1n) is 7.59. The molecule has 0 saturated carbocycles. The number of carbonyl (C=O) groups excluding carboxylic acids is 2. The van der Waals surface area contributed by atoms with Gasteiger partial charge in [-0.1, -0.05) is 16.5 Å². The number of methoxy groups -OCH3 is 1. The molecule has 0 unspecified atom stereocenters. The summed E-state index contributed by atoms with van der Waals surface area (Å²) in [5.74, 6) is -0.895. The molecule has 0 atom stereocenters. The lowest BCUT2D eigenvalue weighted by atomic mass is 10.1. The van der Waals surface area contributed by atoms with Crippen LogP contribution in [0.4, 0.5) is 0 Å². The van der Waals surface area contributed by atoms with Gasteiger partial charge in [-0.2, -0.15) is 4.99 Å². The number of thiazole rings is 1. The van der Waals surface area contributed by atoms with E-state index in [1.807, 2.05) is 26.0 Å². The maximum absolute atomic E-state index is 12.3. The quantitative estimate of drug-likeness (QED) is 0.671. The summed E-state index contributed by atoms with van der Waals surface area (Å²) in [7, 11) is 1.33. The number of aryl methyl sites for hydroxylation is 3. The summed E-state index contributed by atoms with van der Waals surface area (Å²) in [5.41, 5.74) is 3.65. The molecule has 2 heterocycles. The molecule has 0 bridgehead atoms. The second kappa shape index (κ2) is 6.64. The lowest BCUT2D eigenvalue weighted by Gasteiger charge is -2.05. The number of benzene rings is 1. The van der Waals surface area contributed by atoms with E-state index in [9.17, 15) is 9.59 Å². The molecule has 0 aliphatic heterocycles. The Morgan fingerprint density at radius 1 is 1.24 bits per heavy atom. The molecule has 3 rings (SSSR count). The second-order valence-electron chi connectivity index (χ2n) is 5.70. The third-order valence-electron chi connectivity index (χ3n) is 3.85. The molecule has 2 aromatic heterocycles. The van der Waals surface area contributed by atoms with E-state index in [2.05, 4.69) is 10.1 Å². The van der Waals surface area contributed by atoms with Crippen molar-refractivity contribution in [3.05, 3.63) is 45.6 Å². The van der Waals surface area contributed by atoms with Crippen molar-refractivity contribution in [2.75, 3.05) is 7.11 Å². The van der Waals surface area contributed by atoms with Gasteiger partial charge in [0.25, 0.3) is 0 Å². The van der Waals surface area contributed by atoms with Crippen LogP contribution in [0.1, 0.15) is 27.4 Å². The molecule has 0 radical (unpaired) electrons. The fraction of sp³-hybridized carbons (Fsp3) is 0.294. The molecule has 8 heteroatoms. The summed E-state index contributed by atoms with van der Waals surface area (Å²) in [5, 5.41) is 3.70. The number of esters is 1. The summed E-state index contributed by atoms with van der Waals surface area (Å²) in [4.78, 5) is 28.6. The number of rotatable bonds is 3. The van der Waals surface area contributed by atoms with Gasteiger partial charge in [0.1, 0.15) is 6.54 Å². The van der Waals surface area contributed by atoms with Crippen LogP contribution in [-0.2, 0) is 16.1 Å². The Labute approximate surface area is 147 Å². The van der Waals surface area contributed by atoms with Crippen molar-refractivity contribution in [3.8, 4) is 0 Å². The molecule has 0 fully saturated rings. The van der Waals surface area contributed by atoms with Gasteiger partial charge in [-0.3, -0.25) is 9.59 Å². The fourth-order valence-electron chi connectivity index (χ4n) is 2.36. The standard InChI is InChI=1S/C17H17N3O4S/c1-9-5-12-14(6-10(9)2)25-17(20(12)8-15(21)23-4)18-16(22)13-7-11(3)19-24-13/h5-7H,8H2,1-4H3. The number of hydrogen-bond donors (Lipinski definition) is 0. The maximum Gasteiger partial charge on any atom is 0.325 e. The minimum atomic E-state index is -0.542. The van der Waals surface area contributed by atoms with Gasteiger partial charge in [0, 0.05) is 6.07 Å². The Balaban J connectivity index is 2.18. The zero-order valence-corrected chi connectivity index (χ0v) is 15.1. The molecule has 0 aliphatic carbocycles. The van der Waals surface area contributed by atoms with E-state index in [1.54, 1.807) is 11.5 Å². The van der Waals surface area contributed by atoms with Crippen LogP contribution in [0, 0.1) is 20.8 Å². The highest BCUT2D eigenvalue weighted by molar-refractivity contribution is 7.16. The Morgan fingerprint density at radius 2 is 1.96 bits per heavy atom. The van der Waals surface area contributed by atoms with E-state index >= 15 is 0 Å². The third kappa shape index (κ3) is 3.39. The first-order chi connectivity index (χ1) is 11.9. The van der Waals surface area contributed by atoms with Gasteiger partial charge in [0.05, 0.1) is 23.0 Å². The SMILES string of the molecule is COC(=O)Cn1c(=NC(=O)c2cc(C)no2)sc2cc(C)c(C)cc21. The first-order valence-corrected chi connectivity index (χ1v) is 8.40. The van der Waals surface area contributed by atoms with E-state index in [-0.39, 0.29) is 12.3 Å². The average molecular weight is 359 g/mol. The molecule has 1 amide bonds. The highest BCUT2D eigenvalue weighted by Crippen LogP contribution is 2.22. The zero-order chi connectivity index (χ0) is 18.1. The number of hydrogen-bond acceptors (Lipinski definition) is 6. The Hall–Kier alpha value is -2.74. The molecule has 0 saturated heterocycles. The van der Waals surface area contributed by atoms with Crippen molar-refractivity contribution >= 4 is 33.4 Å². The van der Waals surface area contributed by atoms with Crippen molar-refractivity contribution in [1.82, 2.24) is 9.72 Å². The molecule has 0 spiro atoms. The predicted octanol–water partition coefficient (Wildman–Crippen LogP) is 2.53. The normalized spacial score (nSPS) is 11.9. The Morgan fingerprint density at radius 3 is 2.60 bits per heavy atom. The van der Waals surface area contributed by atoms with Crippen molar-refractivity contribution in [2.24, 2.45) is 4.99 Å². The van der Waals surface area contributed by atoms with Gasteiger partial charge in [0.2, 0.25) is 5.76 Å². The highest BCUT2D eigenvalue weighted by atomic mass is 32.1. The minimum Gasteiger partial charge on any atom is -0.468 e. The van der Waals surface area contributed by atoms with Crippen LogP contribution >= 0.6 is 11.3 Å². The zero-order valence-electron chi connectivity index (χ0n) is 14.3. The van der Waals surface area contributed by atoms with E-state index in [1.165, 1.54) is 24.5 Å². The summed E-state index contributed by atoms with van der Waals surface area (Å²) in [6.07, 6.45) is 0. The van der Waals surface area contributed by atoms with Crippen LogP contribution in [0.3, 0.4) is 0 Å². The molecule has 25 heavy (non-hydrogen) atoms. The Bertz CT molecular complexity index is 1040. The van der Waals surface area contributed by atoms with Gasteiger partial charge < -0.3 is 13.8 Å². The molecule has 3 aromatic rings. The van der Waals surface area contributed by atoms with Crippen LogP contribution in [0.2, 0.25) is 0 Å². The van der Waals surface area contributed by atoms with Gasteiger partial charge in [0.15, 0.2) is 4.80 Å². The topological polar surface area (TPSA) is 86.7 Å². The van der Waals surface area contributed by atoms with Crippen LogP contribution < -0.4 is 4.80 Å². The van der Waals surface area contributed by atoms with Gasteiger partial charge >= 0.3 is 11.9 Å². The smallest absolute Gasteiger partial charge is 0.325 e. The summed E-state index contributed by atoms with van der Waals surface area (Å²) in [6, 6.07) is 5.52. The lowest BCUT2D eigenvalue weighted by Crippen LogP contribution is -2.22. The van der Waals surface area contributed by atoms with Crippen molar-refractivity contribution in [1.29, 1.82) is 0 Å². The van der Waals surface area contributed by atoms with Gasteiger partial charge in [-0.25, -0.2) is 0 Å². The van der Waals surface area contributed by atoms with E-state index in [0.717, 1.165) is 21.3 Å². The number of fused-ring (bicyclic) bond motifs is 1. The number of nitrogens with zero attached hydrogens (tertiary/aromatic N) is 3. The minimum absolute atomic E-state index is 0.0272. The van der Waals surface area contributed by atoms with Crippen molar-refractivity contribution < 1.29 is 18.8 Å². The van der Waals surface area contributed by atoms with Crippen LogP contribution in [0.25, 0.3) is 10.2 Å². The monoisotopic (exact) mass is 359 g/mol. The number of amides is 1. The van der Waals surface area contributed by atoms with Crippen LogP contribution in [-0.4, -0.2) is 28.7 Å². The molecular formula is C17H17N3O4S. The molecular weight excluding hydrogens is 342 g/mol. The van der Waals surface area contributed by atoms with E-state index < -0.39 is 11.9 Å². The lowest BCUT2D eigenvalue weighted by molar-refractivity contribution is -0.141. The van der Waals surface area contributed by atoms with Crippen LogP contribution in [0.5, 0.6) is 0 Å². The number of ether oxygens (including phenoxy) is 1. The number of carbonyl (C=O) groups is 2. The predicted molar refractivity (Wildman–Crippen MR) is 92.4 cm³/mol. The summed E-state index contributed by atoms with van der Waals surface area (Å²) in [6.45, 7) is 5.70. The summed E-state index contributed by atoms with van der Waals surface area (Å²) >= 11 is 1.33.